The molecular formula is C12H14BrFN2O2. The fourth-order valence-corrected chi connectivity index (χ4v) is 2.26. The Morgan fingerprint density at radius 2 is 2.33 bits per heavy atom. The first kappa shape index (κ1) is 13.5. The van der Waals surface area contributed by atoms with Crippen LogP contribution in [0.5, 0.6) is 0 Å². The summed E-state index contributed by atoms with van der Waals surface area (Å²) in [5.41, 5.74) is 1.22. The number of aliphatic hydroxyl groups is 1. The SMILES string of the molecule is Cc1cc(F)c(Br)cc1NC(=O)C1CC(O)CN1. The van der Waals surface area contributed by atoms with Crippen LogP contribution in [0.3, 0.4) is 0 Å². The number of benzene rings is 1. The molecule has 6 heteroatoms. The van der Waals surface area contributed by atoms with Crippen molar-refractivity contribution in [3.05, 3.63) is 28.0 Å². The summed E-state index contributed by atoms with van der Waals surface area (Å²) in [5.74, 6) is -0.576. The van der Waals surface area contributed by atoms with Gasteiger partial charge in [-0.3, -0.25) is 4.79 Å². The van der Waals surface area contributed by atoms with E-state index in [1.165, 1.54) is 12.1 Å². The van der Waals surface area contributed by atoms with Crippen molar-refractivity contribution in [3.63, 3.8) is 0 Å². The Morgan fingerprint density at radius 3 is 2.94 bits per heavy atom. The molecular weight excluding hydrogens is 303 g/mol. The van der Waals surface area contributed by atoms with Gasteiger partial charge in [0, 0.05) is 12.2 Å². The first-order valence-corrected chi connectivity index (χ1v) is 6.44. The second-order valence-corrected chi connectivity index (χ2v) is 5.28. The summed E-state index contributed by atoms with van der Waals surface area (Å²) >= 11 is 3.08. The highest BCUT2D eigenvalue weighted by molar-refractivity contribution is 9.10. The van der Waals surface area contributed by atoms with E-state index >= 15 is 0 Å². The lowest BCUT2D eigenvalue weighted by atomic mass is 10.1. The molecule has 1 saturated heterocycles. The average Bonchev–Trinajstić information content (AvgIpc) is 2.73. The van der Waals surface area contributed by atoms with Crippen LogP contribution in [0.1, 0.15) is 12.0 Å². The average molecular weight is 317 g/mol. The third-order valence-corrected chi connectivity index (χ3v) is 3.56. The molecule has 1 aromatic rings. The van der Waals surface area contributed by atoms with Gasteiger partial charge < -0.3 is 15.7 Å². The van der Waals surface area contributed by atoms with Crippen molar-refractivity contribution in [2.75, 3.05) is 11.9 Å². The molecule has 18 heavy (non-hydrogen) atoms. The van der Waals surface area contributed by atoms with Crippen LogP contribution in [0, 0.1) is 12.7 Å². The number of hydrogen-bond acceptors (Lipinski definition) is 3. The number of carbonyl (C=O) groups excluding carboxylic acids is 1. The molecule has 1 aliphatic rings. The molecule has 1 aliphatic heterocycles. The van der Waals surface area contributed by atoms with Crippen molar-refractivity contribution < 1.29 is 14.3 Å². The molecule has 1 aromatic carbocycles. The minimum Gasteiger partial charge on any atom is -0.392 e. The smallest absolute Gasteiger partial charge is 0.241 e. The van der Waals surface area contributed by atoms with Crippen LogP contribution in [0.2, 0.25) is 0 Å². The third-order valence-electron chi connectivity index (χ3n) is 2.95. The van der Waals surface area contributed by atoms with Gasteiger partial charge in [-0.15, -0.1) is 0 Å². The largest absolute Gasteiger partial charge is 0.392 e. The number of aryl methyl sites for hydroxylation is 1. The Morgan fingerprint density at radius 1 is 1.61 bits per heavy atom. The molecule has 0 bridgehead atoms. The first-order valence-electron chi connectivity index (χ1n) is 5.65. The number of β-amino-alcohol motifs (C(OH)–C–C–N with tert-alkyl or cyclic N) is 1. The lowest BCUT2D eigenvalue weighted by molar-refractivity contribution is -0.117. The van der Waals surface area contributed by atoms with Crippen LogP contribution in [-0.4, -0.2) is 29.7 Å². The molecule has 0 aromatic heterocycles. The van der Waals surface area contributed by atoms with Crippen molar-refractivity contribution in [1.29, 1.82) is 0 Å². The Balaban J connectivity index is 2.09. The minimum atomic E-state index is -0.484. The van der Waals surface area contributed by atoms with E-state index in [0.29, 0.717) is 28.7 Å². The summed E-state index contributed by atoms with van der Waals surface area (Å²) in [6, 6.07) is 2.49. The molecule has 1 fully saturated rings. The molecule has 0 radical (unpaired) electrons. The second-order valence-electron chi connectivity index (χ2n) is 4.42. The van der Waals surface area contributed by atoms with Gasteiger partial charge in [-0.25, -0.2) is 4.39 Å². The predicted molar refractivity (Wildman–Crippen MR) is 69.9 cm³/mol. The maximum absolute atomic E-state index is 13.2. The Kier molecular flexibility index (Phi) is 3.99. The zero-order chi connectivity index (χ0) is 13.3. The van der Waals surface area contributed by atoms with E-state index in [1.54, 1.807) is 6.92 Å². The molecule has 0 spiro atoms. The lowest BCUT2D eigenvalue weighted by Crippen LogP contribution is -2.35. The van der Waals surface area contributed by atoms with E-state index in [9.17, 15) is 14.3 Å². The van der Waals surface area contributed by atoms with E-state index in [2.05, 4.69) is 26.6 Å². The van der Waals surface area contributed by atoms with Gasteiger partial charge in [0.15, 0.2) is 0 Å². The number of halogens is 2. The summed E-state index contributed by atoms with van der Waals surface area (Å²) in [7, 11) is 0. The molecule has 2 rings (SSSR count). The number of anilines is 1. The van der Waals surface area contributed by atoms with E-state index in [1.807, 2.05) is 0 Å². The van der Waals surface area contributed by atoms with Gasteiger partial charge in [-0.2, -0.15) is 0 Å². The van der Waals surface area contributed by atoms with Crippen molar-refractivity contribution in [2.24, 2.45) is 0 Å². The van der Waals surface area contributed by atoms with Crippen molar-refractivity contribution in [1.82, 2.24) is 5.32 Å². The number of nitrogens with one attached hydrogen (secondary N) is 2. The molecule has 1 heterocycles. The predicted octanol–water partition coefficient (Wildman–Crippen LogP) is 1.56. The number of rotatable bonds is 2. The number of amides is 1. The number of aliphatic hydroxyl groups excluding tert-OH is 1. The molecule has 3 N–H and O–H groups in total. The third kappa shape index (κ3) is 2.88. The van der Waals surface area contributed by atoms with E-state index < -0.39 is 12.1 Å². The summed E-state index contributed by atoms with van der Waals surface area (Å²) in [4.78, 5) is 11.9. The summed E-state index contributed by atoms with van der Waals surface area (Å²) in [6.45, 7) is 2.15. The molecule has 2 atom stereocenters. The Labute approximate surface area is 113 Å². The summed E-state index contributed by atoms with van der Waals surface area (Å²) in [5, 5.41) is 15.0. The lowest BCUT2D eigenvalue weighted by Gasteiger charge is -2.13. The van der Waals surface area contributed by atoms with Crippen molar-refractivity contribution in [3.8, 4) is 0 Å². The number of carbonyl (C=O) groups is 1. The highest BCUT2D eigenvalue weighted by atomic mass is 79.9. The minimum absolute atomic E-state index is 0.215. The van der Waals surface area contributed by atoms with Gasteiger partial charge in [0.2, 0.25) is 5.91 Å². The summed E-state index contributed by atoms with van der Waals surface area (Å²) in [6.07, 6.45) is -0.0884. The molecule has 4 nitrogen and oxygen atoms in total. The van der Waals surface area contributed by atoms with Gasteiger partial charge in [0.25, 0.3) is 0 Å². The number of hydrogen-bond donors (Lipinski definition) is 3. The highest BCUT2D eigenvalue weighted by Crippen LogP contribution is 2.24. The van der Waals surface area contributed by atoms with E-state index in [-0.39, 0.29) is 11.7 Å². The van der Waals surface area contributed by atoms with Gasteiger partial charge in [0.1, 0.15) is 5.82 Å². The monoisotopic (exact) mass is 316 g/mol. The van der Waals surface area contributed by atoms with Crippen LogP contribution >= 0.6 is 15.9 Å². The summed E-state index contributed by atoms with van der Waals surface area (Å²) < 4.78 is 13.6. The molecule has 0 aliphatic carbocycles. The maximum Gasteiger partial charge on any atom is 0.241 e. The van der Waals surface area contributed by atoms with Gasteiger partial charge in [-0.05, 0) is 47.0 Å². The zero-order valence-corrected chi connectivity index (χ0v) is 11.4. The first-order chi connectivity index (χ1) is 8.47. The van der Waals surface area contributed by atoms with Crippen LogP contribution < -0.4 is 10.6 Å². The zero-order valence-electron chi connectivity index (χ0n) is 9.84. The maximum atomic E-state index is 13.2. The quantitative estimate of drug-likeness (QED) is 0.776. The van der Waals surface area contributed by atoms with Crippen LogP contribution in [-0.2, 0) is 4.79 Å². The highest BCUT2D eigenvalue weighted by Gasteiger charge is 2.28. The molecule has 98 valence electrons. The Bertz CT molecular complexity index is 481. The Hall–Kier alpha value is -0.980. The molecule has 1 amide bonds. The van der Waals surface area contributed by atoms with Gasteiger partial charge >= 0.3 is 0 Å². The topological polar surface area (TPSA) is 61.4 Å². The standard InChI is InChI=1S/C12H14BrFN2O2/c1-6-2-9(14)8(13)4-10(6)16-12(18)11-3-7(17)5-15-11/h2,4,7,11,15,17H,3,5H2,1H3,(H,16,18). The van der Waals surface area contributed by atoms with Gasteiger partial charge in [-0.1, -0.05) is 0 Å². The fourth-order valence-electron chi connectivity index (χ4n) is 1.92. The van der Waals surface area contributed by atoms with Crippen LogP contribution in [0.15, 0.2) is 16.6 Å². The second kappa shape index (κ2) is 5.34. The van der Waals surface area contributed by atoms with Crippen LogP contribution in [0.25, 0.3) is 0 Å². The normalized spacial score (nSPS) is 23.1. The van der Waals surface area contributed by atoms with Gasteiger partial charge in [0.05, 0.1) is 16.6 Å². The fraction of sp³-hybridized carbons (Fsp3) is 0.417. The van der Waals surface area contributed by atoms with Crippen LogP contribution in [0.4, 0.5) is 10.1 Å². The van der Waals surface area contributed by atoms with Crippen molar-refractivity contribution in [2.45, 2.75) is 25.5 Å². The molecule has 2 unspecified atom stereocenters. The van der Waals surface area contributed by atoms with Crippen molar-refractivity contribution >= 4 is 27.5 Å². The van der Waals surface area contributed by atoms with E-state index in [0.717, 1.165) is 0 Å². The molecule has 0 saturated carbocycles. The van der Waals surface area contributed by atoms with E-state index in [4.69, 9.17) is 0 Å².